The minimum absolute atomic E-state index is 0.172. The first-order chi connectivity index (χ1) is 13.9. The Morgan fingerprint density at radius 1 is 0.862 bits per heavy atom. The summed E-state index contributed by atoms with van der Waals surface area (Å²) >= 11 is 4.31. The number of ketones is 2. The van der Waals surface area contributed by atoms with E-state index < -0.39 is 0 Å². The maximum atomic E-state index is 13.3. The zero-order valence-corrected chi connectivity index (χ0v) is 19.2. The van der Waals surface area contributed by atoms with Crippen LogP contribution in [0.25, 0.3) is 6.08 Å². The molecular formula is C23H13FI2O3. The van der Waals surface area contributed by atoms with E-state index in [4.69, 9.17) is 4.74 Å². The number of halogens is 3. The number of allylic oxidation sites excluding steroid dienone is 1. The predicted octanol–water partition coefficient (Wildman–Crippen LogP) is 6.08. The number of fused-ring (bicyclic) bond motifs is 1. The van der Waals surface area contributed by atoms with Crippen molar-refractivity contribution < 1.29 is 18.7 Å². The molecule has 0 aromatic heterocycles. The number of benzene rings is 3. The molecule has 1 aliphatic rings. The van der Waals surface area contributed by atoms with E-state index >= 15 is 0 Å². The molecule has 0 unspecified atom stereocenters. The van der Waals surface area contributed by atoms with Gasteiger partial charge < -0.3 is 4.74 Å². The normalized spacial score (nSPS) is 12.9. The molecule has 0 spiro atoms. The SMILES string of the molecule is O=C1C(=Cc2cc(I)c(OCc3cccc(F)c3)c(I)c2)C(=O)c2ccccc21. The van der Waals surface area contributed by atoms with Crippen molar-refractivity contribution in [2.45, 2.75) is 6.61 Å². The van der Waals surface area contributed by atoms with Crippen LogP contribution in [0.5, 0.6) is 5.75 Å². The third-order valence-electron chi connectivity index (χ3n) is 4.51. The monoisotopic (exact) mass is 610 g/mol. The zero-order chi connectivity index (χ0) is 20.5. The van der Waals surface area contributed by atoms with Gasteiger partial charge in [0.2, 0.25) is 0 Å². The molecule has 0 aliphatic heterocycles. The molecule has 0 saturated heterocycles. The van der Waals surface area contributed by atoms with Crippen LogP contribution < -0.4 is 4.74 Å². The minimum Gasteiger partial charge on any atom is -0.487 e. The lowest BCUT2D eigenvalue weighted by Crippen LogP contribution is -2.02. The molecule has 3 aromatic rings. The average Bonchev–Trinajstić information content (AvgIpc) is 2.93. The summed E-state index contributed by atoms with van der Waals surface area (Å²) in [5, 5.41) is 0. The first kappa shape index (κ1) is 20.2. The molecular weight excluding hydrogens is 597 g/mol. The lowest BCUT2D eigenvalue weighted by Gasteiger charge is -2.12. The number of hydrogen-bond donors (Lipinski definition) is 0. The number of carbonyl (C=O) groups is 2. The summed E-state index contributed by atoms with van der Waals surface area (Å²) < 4.78 is 20.9. The fourth-order valence-corrected chi connectivity index (χ4v) is 5.28. The molecule has 0 saturated carbocycles. The second-order valence-electron chi connectivity index (χ2n) is 6.49. The van der Waals surface area contributed by atoms with Gasteiger partial charge in [0.15, 0.2) is 11.6 Å². The van der Waals surface area contributed by atoms with Crippen LogP contribution in [0.3, 0.4) is 0 Å². The van der Waals surface area contributed by atoms with E-state index in [-0.39, 0.29) is 29.6 Å². The second kappa shape index (κ2) is 8.35. The first-order valence-corrected chi connectivity index (χ1v) is 10.9. The number of Topliss-reactive ketones (excluding diaryl/α,β-unsaturated/α-hetero) is 2. The minimum atomic E-state index is -0.302. The van der Waals surface area contributed by atoms with Crippen molar-refractivity contribution >= 4 is 62.8 Å². The molecule has 4 rings (SSSR count). The van der Waals surface area contributed by atoms with Crippen molar-refractivity contribution in [2.24, 2.45) is 0 Å². The van der Waals surface area contributed by atoms with E-state index in [9.17, 15) is 14.0 Å². The zero-order valence-electron chi connectivity index (χ0n) is 14.9. The molecule has 0 fully saturated rings. The number of ether oxygens (including phenoxy) is 1. The van der Waals surface area contributed by atoms with E-state index in [1.54, 1.807) is 42.5 Å². The highest BCUT2D eigenvalue weighted by Crippen LogP contribution is 2.32. The van der Waals surface area contributed by atoms with Gasteiger partial charge in [0.1, 0.15) is 18.2 Å². The average molecular weight is 610 g/mol. The Bertz CT molecular complexity index is 1120. The summed E-state index contributed by atoms with van der Waals surface area (Å²) in [6.45, 7) is 0.247. The molecule has 3 aromatic carbocycles. The summed E-state index contributed by atoms with van der Waals surface area (Å²) in [5.41, 5.74) is 2.56. The fraction of sp³-hybridized carbons (Fsp3) is 0.0435. The fourth-order valence-electron chi connectivity index (χ4n) is 3.15. The number of rotatable bonds is 4. The first-order valence-electron chi connectivity index (χ1n) is 8.70. The molecule has 0 heterocycles. The Labute approximate surface area is 194 Å². The van der Waals surface area contributed by atoms with Gasteiger partial charge in [0.05, 0.1) is 12.7 Å². The van der Waals surface area contributed by atoms with Crippen LogP contribution in [0.15, 0.2) is 66.2 Å². The van der Waals surface area contributed by atoms with Crippen molar-refractivity contribution in [3.05, 3.63) is 101 Å². The summed E-state index contributed by atoms with van der Waals surface area (Å²) in [6, 6.07) is 16.9. The van der Waals surface area contributed by atoms with Crippen molar-refractivity contribution in [1.29, 1.82) is 0 Å². The van der Waals surface area contributed by atoms with Crippen LogP contribution in [0, 0.1) is 13.0 Å². The quantitative estimate of drug-likeness (QED) is 0.205. The van der Waals surface area contributed by atoms with E-state index in [0.29, 0.717) is 16.9 Å². The van der Waals surface area contributed by atoms with Gasteiger partial charge in [0, 0.05) is 11.1 Å². The van der Waals surface area contributed by atoms with Gasteiger partial charge in [0.25, 0.3) is 0 Å². The Hall–Kier alpha value is -2.07. The van der Waals surface area contributed by atoms with Crippen molar-refractivity contribution in [3.63, 3.8) is 0 Å². The third kappa shape index (κ3) is 4.13. The molecule has 1 aliphatic carbocycles. The summed E-state index contributed by atoms with van der Waals surface area (Å²) in [4.78, 5) is 25.2. The largest absolute Gasteiger partial charge is 0.487 e. The van der Waals surface area contributed by atoms with Crippen LogP contribution in [0.1, 0.15) is 31.8 Å². The Morgan fingerprint density at radius 3 is 2.07 bits per heavy atom. The second-order valence-corrected chi connectivity index (χ2v) is 8.82. The summed E-state index contributed by atoms with van der Waals surface area (Å²) in [6.07, 6.45) is 1.63. The smallest absolute Gasteiger partial charge is 0.197 e. The third-order valence-corrected chi connectivity index (χ3v) is 6.11. The van der Waals surface area contributed by atoms with Gasteiger partial charge in [-0.2, -0.15) is 0 Å². The maximum Gasteiger partial charge on any atom is 0.197 e. The van der Waals surface area contributed by atoms with Crippen LogP contribution in [0.4, 0.5) is 4.39 Å². The molecule has 0 atom stereocenters. The van der Waals surface area contributed by atoms with Gasteiger partial charge in [-0.15, -0.1) is 0 Å². The van der Waals surface area contributed by atoms with Gasteiger partial charge in [-0.3, -0.25) is 9.59 Å². The molecule has 29 heavy (non-hydrogen) atoms. The lowest BCUT2D eigenvalue weighted by atomic mass is 10.1. The molecule has 0 amide bonds. The molecule has 0 N–H and O–H groups in total. The topological polar surface area (TPSA) is 43.4 Å². The van der Waals surface area contributed by atoms with Gasteiger partial charge in [-0.05, 0) is 86.7 Å². The van der Waals surface area contributed by atoms with Crippen LogP contribution in [-0.2, 0) is 6.61 Å². The van der Waals surface area contributed by atoms with E-state index in [1.165, 1.54) is 12.1 Å². The molecule has 6 heteroatoms. The van der Waals surface area contributed by atoms with Gasteiger partial charge in [-0.25, -0.2) is 4.39 Å². The molecule has 0 radical (unpaired) electrons. The Balaban J connectivity index is 1.60. The van der Waals surface area contributed by atoms with Crippen LogP contribution >= 0.6 is 45.2 Å². The predicted molar refractivity (Wildman–Crippen MR) is 126 cm³/mol. The van der Waals surface area contributed by atoms with Gasteiger partial charge >= 0.3 is 0 Å². The van der Waals surface area contributed by atoms with E-state index in [0.717, 1.165) is 18.3 Å². The summed E-state index contributed by atoms with van der Waals surface area (Å²) in [7, 11) is 0. The summed E-state index contributed by atoms with van der Waals surface area (Å²) in [5.74, 6) is -0.113. The van der Waals surface area contributed by atoms with Crippen molar-refractivity contribution in [3.8, 4) is 5.75 Å². The molecule has 3 nitrogen and oxygen atoms in total. The molecule has 0 bridgehead atoms. The van der Waals surface area contributed by atoms with Crippen LogP contribution in [-0.4, -0.2) is 11.6 Å². The lowest BCUT2D eigenvalue weighted by molar-refractivity contribution is 0.0990. The highest BCUT2D eigenvalue weighted by atomic mass is 127. The van der Waals surface area contributed by atoms with E-state index in [1.807, 2.05) is 12.1 Å². The van der Waals surface area contributed by atoms with Gasteiger partial charge in [-0.1, -0.05) is 36.4 Å². The van der Waals surface area contributed by atoms with Crippen LogP contribution in [0.2, 0.25) is 0 Å². The number of hydrogen-bond acceptors (Lipinski definition) is 3. The maximum absolute atomic E-state index is 13.3. The van der Waals surface area contributed by atoms with Crippen molar-refractivity contribution in [2.75, 3.05) is 0 Å². The van der Waals surface area contributed by atoms with E-state index in [2.05, 4.69) is 45.2 Å². The Kier molecular flexibility index (Phi) is 5.82. The van der Waals surface area contributed by atoms with Crippen molar-refractivity contribution in [1.82, 2.24) is 0 Å². The standard InChI is InChI=1S/C23H13FI2O3/c24-15-5-3-4-13(8-15)12-29-23-19(25)10-14(11-20(23)26)9-18-21(27)16-6-1-2-7-17(16)22(18)28/h1-11H,12H2. The number of carbonyl (C=O) groups excluding carboxylic acids is 2. The highest BCUT2D eigenvalue weighted by Gasteiger charge is 2.32. The Morgan fingerprint density at radius 2 is 1.48 bits per heavy atom. The molecule has 144 valence electrons. The highest BCUT2D eigenvalue weighted by molar-refractivity contribution is 14.1.